The van der Waals surface area contributed by atoms with Gasteiger partial charge in [-0.15, -0.1) is 0 Å². The molecule has 2 aliphatic rings. The summed E-state index contributed by atoms with van der Waals surface area (Å²) in [5, 5.41) is 3.28. The third-order valence-corrected chi connectivity index (χ3v) is 5.16. The molecule has 0 bridgehead atoms. The topological polar surface area (TPSA) is 53.5 Å². The van der Waals surface area contributed by atoms with Crippen LogP contribution in [0.1, 0.15) is 39.2 Å². The van der Waals surface area contributed by atoms with Gasteiger partial charge in [-0.25, -0.2) is 9.97 Å². The summed E-state index contributed by atoms with van der Waals surface area (Å²) in [4.78, 5) is 14.0. The van der Waals surface area contributed by atoms with Crippen LogP contribution in [-0.2, 0) is 11.3 Å². The molecule has 1 N–H and O–H groups in total. The van der Waals surface area contributed by atoms with Crippen molar-refractivity contribution in [3.8, 4) is 0 Å². The fourth-order valence-electron chi connectivity index (χ4n) is 3.81. The number of hydrogen-bond donors (Lipinski definition) is 1. The van der Waals surface area contributed by atoms with Crippen LogP contribution in [0.3, 0.4) is 0 Å². The molecule has 0 aromatic carbocycles. The lowest BCUT2D eigenvalue weighted by Gasteiger charge is -2.46. The quantitative estimate of drug-likeness (QED) is 0.859. The first-order chi connectivity index (χ1) is 11.6. The Hall–Kier alpha value is -1.24. The second-order valence-corrected chi connectivity index (χ2v) is 7.53. The van der Waals surface area contributed by atoms with Gasteiger partial charge in [0.1, 0.15) is 0 Å². The van der Waals surface area contributed by atoms with Gasteiger partial charge in [-0.05, 0) is 33.2 Å². The van der Waals surface area contributed by atoms with Gasteiger partial charge in [-0.3, -0.25) is 9.80 Å². The zero-order valence-electron chi connectivity index (χ0n) is 15.3. The number of rotatable bonds is 6. The van der Waals surface area contributed by atoms with E-state index in [-0.39, 0.29) is 5.54 Å². The second kappa shape index (κ2) is 7.76. The summed E-state index contributed by atoms with van der Waals surface area (Å²) in [5.74, 6) is 0.699. The molecule has 0 spiro atoms. The molecule has 0 radical (unpaired) electrons. The van der Waals surface area contributed by atoms with Crippen LogP contribution in [-0.4, -0.2) is 70.7 Å². The van der Waals surface area contributed by atoms with Crippen LogP contribution in [0, 0.1) is 0 Å². The number of nitrogens with one attached hydrogen (secondary N) is 1. The van der Waals surface area contributed by atoms with Crippen molar-refractivity contribution >= 4 is 5.95 Å². The largest absolute Gasteiger partial charge is 0.376 e. The standard InChI is InChI=1S/C18H31N5O/c1-4-23-8-7-22(14-18(23,2)3)13-15-10-19-17(20-11-15)21-12-16-6-5-9-24-16/h10-11,16H,4-9,12-14H2,1-3H3,(H,19,20,21)/t16-/m0/s1. The molecule has 0 aliphatic carbocycles. The average molecular weight is 333 g/mol. The van der Waals surface area contributed by atoms with Crippen LogP contribution in [0.2, 0.25) is 0 Å². The van der Waals surface area contributed by atoms with Crippen molar-refractivity contribution in [3.05, 3.63) is 18.0 Å². The Morgan fingerprint density at radius 3 is 2.71 bits per heavy atom. The van der Waals surface area contributed by atoms with Gasteiger partial charge in [0.05, 0.1) is 6.10 Å². The van der Waals surface area contributed by atoms with Crippen LogP contribution in [0.5, 0.6) is 0 Å². The first-order valence-electron chi connectivity index (χ1n) is 9.20. The smallest absolute Gasteiger partial charge is 0.222 e. The third-order valence-electron chi connectivity index (χ3n) is 5.16. The normalized spacial score (nSPS) is 25.0. The summed E-state index contributed by atoms with van der Waals surface area (Å²) in [5.41, 5.74) is 1.41. The van der Waals surface area contributed by atoms with Gasteiger partial charge in [-0.2, -0.15) is 0 Å². The average Bonchev–Trinajstić information content (AvgIpc) is 3.07. The van der Waals surface area contributed by atoms with E-state index in [1.807, 2.05) is 12.4 Å². The molecule has 1 aromatic rings. The number of hydrogen-bond acceptors (Lipinski definition) is 6. The van der Waals surface area contributed by atoms with Crippen molar-refractivity contribution in [3.63, 3.8) is 0 Å². The van der Waals surface area contributed by atoms with E-state index >= 15 is 0 Å². The molecule has 1 aromatic heterocycles. The number of likely N-dealkylation sites (N-methyl/N-ethyl adjacent to an activating group) is 1. The molecule has 0 amide bonds. The Balaban J connectivity index is 1.49. The maximum atomic E-state index is 5.61. The van der Waals surface area contributed by atoms with Crippen LogP contribution in [0.15, 0.2) is 12.4 Å². The van der Waals surface area contributed by atoms with Gasteiger partial charge in [0.25, 0.3) is 0 Å². The van der Waals surface area contributed by atoms with Gasteiger partial charge in [0.2, 0.25) is 5.95 Å². The van der Waals surface area contributed by atoms with E-state index in [1.165, 1.54) is 5.56 Å². The fourth-order valence-corrected chi connectivity index (χ4v) is 3.81. The lowest BCUT2D eigenvalue weighted by molar-refractivity contribution is 0.0201. The summed E-state index contributed by atoms with van der Waals surface area (Å²) in [6.45, 7) is 14.0. The molecule has 134 valence electrons. The predicted octanol–water partition coefficient (Wildman–Crippen LogP) is 1.98. The lowest BCUT2D eigenvalue weighted by Crippen LogP contribution is -2.58. The van der Waals surface area contributed by atoms with Crippen LogP contribution < -0.4 is 5.32 Å². The first-order valence-corrected chi connectivity index (χ1v) is 9.20. The van der Waals surface area contributed by atoms with Gasteiger partial charge in [0, 0.05) is 62.8 Å². The van der Waals surface area contributed by atoms with Crippen molar-refractivity contribution in [2.24, 2.45) is 0 Å². The van der Waals surface area contributed by atoms with E-state index in [0.29, 0.717) is 12.1 Å². The van der Waals surface area contributed by atoms with Gasteiger partial charge < -0.3 is 10.1 Å². The Kier molecular flexibility index (Phi) is 5.69. The van der Waals surface area contributed by atoms with E-state index in [1.54, 1.807) is 0 Å². The highest BCUT2D eigenvalue weighted by Crippen LogP contribution is 2.21. The van der Waals surface area contributed by atoms with Crippen molar-refractivity contribution in [2.75, 3.05) is 44.6 Å². The summed E-state index contributed by atoms with van der Waals surface area (Å²) in [6.07, 6.45) is 6.50. The van der Waals surface area contributed by atoms with Crippen molar-refractivity contribution in [1.82, 2.24) is 19.8 Å². The molecule has 6 heteroatoms. The molecule has 3 rings (SSSR count). The minimum Gasteiger partial charge on any atom is -0.376 e. The van der Waals surface area contributed by atoms with E-state index in [0.717, 1.165) is 58.7 Å². The molecule has 2 fully saturated rings. The minimum absolute atomic E-state index is 0.233. The maximum Gasteiger partial charge on any atom is 0.222 e. The van der Waals surface area contributed by atoms with Crippen molar-refractivity contribution in [2.45, 2.75) is 51.8 Å². The highest BCUT2D eigenvalue weighted by Gasteiger charge is 2.32. The highest BCUT2D eigenvalue weighted by atomic mass is 16.5. The summed E-state index contributed by atoms with van der Waals surface area (Å²) < 4.78 is 5.61. The van der Waals surface area contributed by atoms with Crippen LogP contribution in [0.25, 0.3) is 0 Å². The SMILES string of the molecule is CCN1CCN(Cc2cnc(NC[C@@H]3CCCO3)nc2)CC1(C)C. The first kappa shape index (κ1) is 17.6. The predicted molar refractivity (Wildman–Crippen MR) is 96.1 cm³/mol. The summed E-state index contributed by atoms with van der Waals surface area (Å²) >= 11 is 0. The Morgan fingerprint density at radius 1 is 1.29 bits per heavy atom. The van der Waals surface area contributed by atoms with Crippen LogP contribution in [0.4, 0.5) is 5.95 Å². The van der Waals surface area contributed by atoms with Gasteiger partial charge in [-0.1, -0.05) is 6.92 Å². The monoisotopic (exact) mass is 333 g/mol. The number of ether oxygens (including phenoxy) is 1. The Bertz CT molecular complexity index is 513. The number of anilines is 1. The van der Waals surface area contributed by atoms with Gasteiger partial charge in [0.15, 0.2) is 0 Å². The van der Waals surface area contributed by atoms with E-state index < -0.39 is 0 Å². The fraction of sp³-hybridized carbons (Fsp3) is 0.778. The molecular weight excluding hydrogens is 302 g/mol. The molecular formula is C18H31N5O. The zero-order valence-corrected chi connectivity index (χ0v) is 15.3. The molecule has 0 unspecified atom stereocenters. The minimum atomic E-state index is 0.233. The number of piperazine rings is 1. The lowest BCUT2D eigenvalue weighted by atomic mass is 9.98. The van der Waals surface area contributed by atoms with Crippen molar-refractivity contribution in [1.29, 1.82) is 0 Å². The molecule has 2 saturated heterocycles. The summed E-state index contributed by atoms with van der Waals surface area (Å²) in [7, 11) is 0. The molecule has 24 heavy (non-hydrogen) atoms. The number of nitrogens with zero attached hydrogens (tertiary/aromatic N) is 4. The van der Waals surface area contributed by atoms with Crippen molar-refractivity contribution < 1.29 is 4.74 Å². The van der Waals surface area contributed by atoms with Crippen LogP contribution >= 0.6 is 0 Å². The highest BCUT2D eigenvalue weighted by molar-refractivity contribution is 5.25. The number of aromatic nitrogens is 2. The maximum absolute atomic E-state index is 5.61. The van der Waals surface area contributed by atoms with E-state index in [9.17, 15) is 0 Å². The molecule has 2 aliphatic heterocycles. The summed E-state index contributed by atoms with van der Waals surface area (Å²) in [6, 6.07) is 0. The van der Waals surface area contributed by atoms with Gasteiger partial charge >= 0.3 is 0 Å². The van der Waals surface area contributed by atoms with E-state index in [4.69, 9.17) is 4.74 Å². The second-order valence-electron chi connectivity index (χ2n) is 7.53. The van der Waals surface area contributed by atoms with E-state index in [2.05, 4.69) is 45.9 Å². The molecule has 6 nitrogen and oxygen atoms in total. The molecule has 1 atom stereocenters. The molecule has 3 heterocycles. The molecule has 0 saturated carbocycles. The third kappa shape index (κ3) is 4.43. The Morgan fingerprint density at radius 2 is 2.08 bits per heavy atom. The Labute approximate surface area is 145 Å². The zero-order chi connectivity index (χ0) is 17.0.